The molecule has 0 fully saturated rings. The minimum absolute atomic E-state index is 0.0507. The maximum absolute atomic E-state index is 9.51. The smallest absolute Gasteiger partial charge is 0.135 e. The second-order valence-electron chi connectivity index (χ2n) is 3.88. The molecule has 0 saturated heterocycles. The SMILES string of the molecule is COc1cc(OC)cc(-c2cc(Cl)c(O)cc2Cl)c1. The van der Waals surface area contributed by atoms with E-state index in [1.54, 1.807) is 26.4 Å². The number of hydrogen-bond donors (Lipinski definition) is 1. The van der Waals surface area contributed by atoms with Crippen molar-refractivity contribution in [2.24, 2.45) is 0 Å². The van der Waals surface area contributed by atoms with E-state index >= 15 is 0 Å². The summed E-state index contributed by atoms with van der Waals surface area (Å²) >= 11 is 12.0. The van der Waals surface area contributed by atoms with Crippen molar-refractivity contribution in [1.29, 1.82) is 0 Å². The number of benzene rings is 2. The van der Waals surface area contributed by atoms with Gasteiger partial charge in [-0.25, -0.2) is 0 Å². The van der Waals surface area contributed by atoms with E-state index in [9.17, 15) is 5.11 Å². The topological polar surface area (TPSA) is 38.7 Å². The lowest BCUT2D eigenvalue weighted by Crippen LogP contribution is -1.89. The molecule has 0 atom stereocenters. The molecule has 19 heavy (non-hydrogen) atoms. The van der Waals surface area contributed by atoms with Gasteiger partial charge in [0, 0.05) is 17.7 Å². The Morgan fingerprint density at radius 3 is 1.95 bits per heavy atom. The van der Waals surface area contributed by atoms with E-state index in [-0.39, 0.29) is 10.8 Å². The van der Waals surface area contributed by atoms with E-state index in [0.29, 0.717) is 22.1 Å². The number of ether oxygens (including phenoxy) is 2. The van der Waals surface area contributed by atoms with Gasteiger partial charge >= 0.3 is 0 Å². The standard InChI is InChI=1S/C14H12Cl2O3/c1-18-9-3-8(4-10(5-9)19-2)11-6-13(16)14(17)7-12(11)15/h3-7,17H,1-2H3. The third-order valence-electron chi connectivity index (χ3n) is 2.70. The Kier molecular flexibility index (Phi) is 4.08. The van der Waals surface area contributed by atoms with E-state index in [1.165, 1.54) is 6.07 Å². The van der Waals surface area contributed by atoms with Crippen molar-refractivity contribution in [2.75, 3.05) is 14.2 Å². The Hall–Kier alpha value is -1.58. The number of hydrogen-bond acceptors (Lipinski definition) is 3. The van der Waals surface area contributed by atoms with Crippen LogP contribution in [0.4, 0.5) is 0 Å². The van der Waals surface area contributed by atoms with Gasteiger partial charge in [0.2, 0.25) is 0 Å². The predicted molar refractivity (Wildman–Crippen MR) is 76.7 cm³/mol. The van der Waals surface area contributed by atoms with Gasteiger partial charge < -0.3 is 14.6 Å². The summed E-state index contributed by atoms with van der Waals surface area (Å²) in [5, 5.41) is 10.1. The molecule has 0 aliphatic carbocycles. The minimum Gasteiger partial charge on any atom is -0.506 e. The van der Waals surface area contributed by atoms with Crippen molar-refractivity contribution >= 4 is 23.2 Å². The van der Waals surface area contributed by atoms with Gasteiger partial charge in [0.05, 0.1) is 24.3 Å². The molecule has 0 radical (unpaired) electrons. The molecule has 0 amide bonds. The van der Waals surface area contributed by atoms with Gasteiger partial charge in [-0.3, -0.25) is 0 Å². The molecule has 5 heteroatoms. The van der Waals surface area contributed by atoms with E-state index in [4.69, 9.17) is 32.7 Å². The van der Waals surface area contributed by atoms with Gasteiger partial charge in [0.25, 0.3) is 0 Å². The first-order valence-electron chi connectivity index (χ1n) is 5.46. The zero-order valence-electron chi connectivity index (χ0n) is 10.4. The molecule has 0 unspecified atom stereocenters. The zero-order valence-corrected chi connectivity index (χ0v) is 11.9. The number of methoxy groups -OCH3 is 2. The van der Waals surface area contributed by atoms with Crippen LogP contribution in [0.1, 0.15) is 0 Å². The summed E-state index contributed by atoms with van der Waals surface area (Å²) in [6, 6.07) is 8.41. The molecule has 0 aliphatic rings. The van der Waals surface area contributed by atoms with Crippen molar-refractivity contribution in [1.82, 2.24) is 0 Å². The van der Waals surface area contributed by atoms with Crippen LogP contribution < -0.4 is 9.47 Å². The van der Waals surface area contributed by atoms with Crippen LogP contribution >= 0.6 is 23.2 Å². The summed E-state index contributed by atoms with van der Waals surface area (Å²) in [7, 11) is 3.15. The van der Waals surface area contributed by atoms with E-state index in [2.05, 4.69) is 0 Å². The fraction of sp³-hybridized carbons (Fsp3) is 0.143. The summed E-state index contributed by atoms with van der Waals surface area (Å²) in [5.41, 5.74) is 1.49. The normalized spacial score (nSPS) is 10.3. The molecule has 2 rings (SSSR count). The van der Waals surface area contributed by atoms with Gasteiger partial charge in [-0.1, -0.05) is 23.2 Å². The molecule has 0 bridgehead atoms. The van der Waals surface area contributed by atoms with Gasteiger partial charge in [-0.05, 0) is 23.8 Å². The average molecular weight is 299 g/mol. The summed E-state index contributed by atoms with van der Waals surface area (Å²) in [4.78, 5) is 0. The lowest BCUT2D eigenvalue weighted by molar-refractivity contribution is 0.394. The van der Waals surface area contributed by atoms with Crippen molar-refractivity contribution in [2.45, 2.75) is 0 Å². The summed E-state index contributed by atoms with van der Waals surface area (Å²) in [6.07, 6.45) is 0. The van der Waals surface area contributed by atoms with Crippen LogP contribution in [-0.2, 0) is 0 Å². The monoisotopic (exact) mass is 298 g/mol. The molecule has 3 nitrogen and oxygen atoms in total. The molecule has 2 aromatic rings. The molecule has 0 spiro atoms. The van der Waals surface area contributed by atoms with E-state index < -0.39 is 0 Å². The predicted octanol–water partition coefficient (Wildman–Crippen LogP) is 4.38. The van der Waals surface area contributed by atoms with E-state index in [1.807, 2.05) is 12.1 Å². The fourth-order valence-electron chi connectivity index (χ4n) is 1.72. The van der Waals surface area contributed by atoms with Crippen LogP contribution in [0.25, 0.3) is 11.1 Å². The summed E-state index contributed by atoms with van der Waals surface area (Å²) in [6.45, 7) is 0. The van der Waals surface area contributed by atoms with Crippen molar-refractivity contribution in [3.8, 4) is 28.4 Å². The number of phenols is 1. The zero-order chi connectivity index (χ0) is 14.0. The molecule has 100 valence electrons. The second kappa shape index (κ2) is 5.59. The average Bonchev–Trinajstić information content (AvgIpc) is 2.42. The summed E-state index contributed by atoms with van der Waals surface area (Å²) in [5.74, 6) is 1.24. The third-order valence-corrected chi connectivity index (χ3v) is 3.31. The van der Waals surface area contributed by atoms with Gasteiger partial charge in [-0.2, -0.15) is 0 Å². The maximum atomic E-state index is 9.51. The highest BCUT2D eigenvalue weighted by atomic mass is 35.5. The van der Waals surface area contributed by atoms with Crippen LogP contribution in [0.5, 0.6) is 17.2 Å². The van der Waals surface area contributed by atoms with E-state index in [0.717, 1.165) is 5.56 Å². The molecule has 2 aromatic carbocycles. The second-order valence-corrected chi connectivity index (χ2v) is 4.70. The minimum atomic E-state index is -0.0507. The lowest BCUT2D eigenvalue weighted by atomic mass is 10.0. The number of phenolic OH excluding ortho intramolecular Hbond substituents is 1. The third kappa shape index (κ3) is 2.88. The Morgan fingerprint density at radius 1 is 0.842 bits per heavy atom. The Balaban J connectivity index is 2.61. The molecule has 0 aromatic heterocycles. The number of halogens is 2. The Labute approximate surface area is 121 Å². The van der Waals surface area contributed by atoms with Crippen LogP contribution in [0, 0.1) is 0 Å². The maximum Gasteiger partial charge on any atom is 0.135 e. The summed E-state index contributed by atoms with van der Waals surface area (Å²) < 4.78 is 10.4. The Bertz CT molecular complexity index is 590. The molecule has 1 N–H and O–H groups in total. The highest BCUT2D eigenvalue weighted by molar-refractivity contribution is 6.36. The lowest BCUT2D eigenvalue weighted by Gasteiger charge is -2.11. The van der Waals surface area contributed by atoms with Gasteiger partial charge in [-0.15, -0.1) is 0 Å². The van der Waals surface area contributed by atoms with Crippen LogP contribution in [0.3, 0.4) is 0 Å². The van der Waals surface area contributed by atoms with Crippen LogP contribution in [0.15, 0.2) is 30.3 Å². The first-order valence-corrected chi connectivity index (χ1v) is 6.22. The van der Waals surface area contributed by atoms with Crippen molar-refractivity contribution < 1.29 is 14.6 Å². The molecular formula is C14H12Cl2O3. The first-order chi connectivity index (χ1) is 9.05. The largest absolute Gasteiger partial charge is 0.506 e. The molecule has 0 heterocycles. The van der Waals surface area contributed by atoms with Gasteiger partial charge in [0.1, 0.15) is 17.2 Å². The molecule has 0 aliphatic heterocycles. The quantitative estimate of drug-likeness (QED) is 0.914. The van der Waals surface area contributed by atoms with Gasteiger partial charge in [0.15, 0.2) is 0 Å². The van der Waals surface area contributed by atoms with Crippen molar-refractivity contribution in [3.63, 3.8) is 0 Å². The van der Waals surface area contributed by atoms with Crippen LogP contribution in [0.2, 0.25) is 10.0 Å². The fourth-order valence-corrected chi connectivity index (χ4v) is 2.15. The number of rotatable bonds is 3. The molecular weight excluding hydrogens is 287 g/mol. The highest BCUT2D eigenvalue weighted by Gasteiger charge is 2.11. The molecule has 0 saturated carbocycles. The Morgan fingerprint density at radius 2 is 1.42 bits per heavy atom. The van der Waals surface area contributed by atoms with Crippen molar-refractivity contribution in [3.05, 3.63) is 40.4 Å². The first kappa shape index (κ1) is 13.8. The van der Waals surface area contributed by atoms with Crippen LogP contribution in [-0.4, -0.2) is 19.3 Å². The highest BCUT2D eigenvalue weighted by Crippen LogP contribution is 2.38. The number of aromatic hydroxyl groups is 1.